The fraction of sp³-hybridized carbons (Fsp3) is 0.167. The Morgan fingerprint density at radius 1 is 0.912 bits per heavy atom. The maximum atomic E-state index is 14.2. The highest BCUT2D eigenvalue weighted by atomic mass is 32.2. The smallest absolute Gasteiger partial charge is 0.243 e. The van der Waals surface area contributed by atoms with Crippen molar-refractivity contribution in [3.63, 3.8) is 0 Å². The molecule has 0 radical (unpaired) electrons. The molecule has 4 aromatic rings. The summed E-state index contributed by atoms with van der Waals surface area (Å²) in [5, 5.41) is 0.843. The van der Waals surface area contributed by atoms with Crippen molar-refractivity contribution in [2.75, 3.05) is 20.8 Å². The van der Waals surface area contributed by atoms with Gasteiger partial charge in [-0.3, -0.25) is 0 Å². The van der Waals surface area contributed by atoms with E-state index < -0.39 is 38.3 Å². The molecule has 0 aliphatic rings. The Bertz CT molecular complexity index is 1450. The number of aromatic amines is 1. The van der Waals surface area contributed by atoms with Crippen molar-refractivity contribution in [1.82, 2.24) is 9.71 Å². The lowest BCUT2D eigenvalue weighted by molar-refractivity contribution is 0.350. The van der Waals surface area contributed by atoms with Crippen molar-refractivity contribution in [3.05, 3.63) is 89.4 Å². The Morgan fingerprint density at radius 3 is 2.41 bits per heavy atom. The molecule has 34 heavy (non-hydrogen) atoms. The number of nitrogens with one attached hydrogen (secondary N) is 2. The Hall–Kier alpha value is -3.50. The van der Waals surface area contributed by atoms with Gasteiger partial charge < -0.3 is 14.5 Å². The van der Waals surface area contributed by atoms with Crippen LogP contribution in [0.15, 0.2) is 65.7 Å². The van der Waals surface area contributed by atoms with E-state index >= 15 is 0 Å². The summed E-state index contributed by atoms with van der Waals surface area (Å²) >= 11 is 0. The highest BCUT2D eigenvalue weighted by Crippen LogP contribution is 2.40. The number of H-pyrrole nitrogens is 1. The van der Waals surface area contributed by atoms with Crippen molar-refractivity contribution in [1.29, 1.82) is 0 Å². The number of fused-ring (bicyclic) bond motifs is 1. The first-order valence-electron chi connectivity index (χ1n) is 10.2. The first-order chi connectivity index (χ1) is 16.3. The monoisotopic (exact) mass is 490 g/mol. The molecule has 0 amide bonds. The summed E-state index contributed by atoms with van der Waals surface area (Å²) in [6.45, 7) is -0.230. The number of ether oxygens (including phenoxy) is 2. The first-order valence-corrected chi connectivity index (χ1v) is 11.7. The molecular formula is C24H21F3N2O4S. The molecule has 3 aromatic carbocycles. The number of para-hydroxylation sites is 2. The van der Waals surface area contributed by atoms with Crippen LogP contribution in [0.2, 0.25) is 0 Å². The third-order valence-electron chi connectivity index (χ3n) is 5.57. The van der Waals surface area contributed by atoms with E-state index in [0.29, 0.717) is 29.2 Å². The molecule has 0 spiro atoms. The van der Waals surface area contributed by atoms with Crippen molar-refractivity contribution in [3.8, 4) is 11.5 Å². The molecule has 178 valence electrons. The number of rotatable bonds is 8. The molecule has 2 N–H and O–H groups in total. The van der Waals surface area contributed by atoms with Gasteiger partial charge in [0.05, 0.1) is 14.2 Å². The molecular weight excluding hydrogens is 469 g/mol. The molecule has 6 nitrogen and oxygen atoms in total. The first kappa shape index (κ1) is 23.7. The number of methoxy groups -OCH3 is 2. The van der Waals surface area contributed by atoms with Crippen LogP contribution in [0.5, 0.6) is 11.5 Å². The minimum absolute atomic E-state index is 0.230. The van der Waals surface area contributed by atoms with E-state index in [1.807, 2.05) is 24.3 Å². The molecule has 0 bridgehead atoms. The van der Waals surface area contributed by atoms with Crippen LogP contribution in [0.4, 0.5) is 13.2 Å². The van der Waals surface area contributed by atoms with Crippen molar-refractivity contribution < 1.29 is 31.1 Å². The Kier molecular flexibility index (Phi) is 6.54. The highest BCUT2D eigenvalue weighted by molar-refractivity contribution is 7.89. The van der Waals surface area contributed by atoms with Crippen LogP contribution in [0, 0.1) is 17.5 Å². The largest absolute Gasteiger partial charge is 0.493 e. The molecule has 0 aliphatic heterocycles. The van der Waals surface area contributed by atoms with Crippen LogP contribution in [-0.4, -0.2) is 34.2 Å². The lowest BCUT2D eigenvalue weighted by Gasteiger charge is -2.22. The average Bonchev–Trinajstić information content (AvgIpc) is 3.26. The summed E-state index contributed by atoms with van der Waals surface area (Å²) in [6, 6.07) is 13.9. The number of halogens is 3. The summed E-state index contributed by atoms with van der Waals surface area (Å²) < 4.78 is 80.2. The number of sulfonamides is 1. The van der Waals surface area contributed by atoms with E-state index in [4.69, 9.17) is 9.47 Å². The van der Waals surface area contributed by atoms with Gasteiger partial charge in [0.2, 0.25) is 10.0 Å². The normalized spacial score (nSPS) is 12.6. The van der Waals surface area contributed by atoms with Crippen LogP contribution >= 0.6 is 0 Å². The van der Waals surface area contributed by atoms with Gasteiger partial charge in [-0.15, -0.1) is 0 Å². The third-order valence-corrected chi connectivity index (χ3v) is 7.01. The number of benzene rings is 3. The molecule has 1 heterocycles. The van der Waals surface area contributed by atoms with Gasteiger partial charge >= 0.3 is 0 Å². The molecule has 0 fully saturated rings. The summed E-state index contributed by atoms with van der Waals surface area (Å²) in [5.41, 5.74) is 2.19. The number of aromatic nitrogens is 1. The quantitative estimate of drug-likeness (QED) is 0.351. The molecule has 0 aliphatic carbocycles. The molecule has 10 heteroatoms. The zero-order chi connectivity index (χ0) is 24.5. The SMILES string of the molecule is COc1cccc(C(CNS(=O)(=O)c2ccc(F)c(F)c2F)c2c[nH]c3ccccc23)c1OC. The van der Waals surface area contributed by atoms with E-state index in [-0.39, 0.29) is 6.54 Å². The Labute approximate surface area is 194 Å². The second-order valence-corrected chi connectivity index (χ2v) is 9.19. The van der Waals surface area contributed by atoms with Crippen molar-refractivity contribution >= 4 is 20.9 Å². The van der Waals surface area contributed by atoms with Gasteiger partial charge in [-0.25, -0.2) is 26.3 Å². The zero-order valence-electron chi connectivity index (χ0n) is 18.2. The fourth-order valence-electron chi connectivity index (χ4n) is 3.94. The van der Waals surface area contributed by atoms with Crippen LogP contribution in [0.25, 0.3) is 10.9 Å². The van der Waals surface area contributed by atoms with E-state index in [2.05, 4.69) is 9.71 Å². The van der Waals surface area contributed by atoms with Gasteiger partial charge in [0, 0.05) is 35.1 Å². The van der Waals surface area contributed by atoms with Crippen LogP contribution in [-0.2, 0) is 10.0 Å². The maximum absolute atomic E-state index is 14.2. The van der Waals surface area contributed by atoms with Crippen LogP contribution in [0.3, 0.4) is 0 Å². The second-order valence-electron chi connectivity index (χ2n) is 7.45. The summed E-state index contributed by atoms with van der Waals surface area (Å²) in [4.78, 5) is 2.17. The van der Waals surface area contributed by atoms with Gasteiger partial charge in [0.1, 0.15) is 4.90 Å². The molecule has 1 aromatic heterocycles. The van der Waals surface area contributed by atoms with Gasteiger partial charge in [0.15, 0.2) is 29.0 Å². The number of hydrogen-bond acceptors (Lipinski definition) is 4. The predicted molar refractivity (Wildman–Crippen MR) is 121 cm³/mol. The van der Waals surface area contributed by atoms with Crippen molar-refractivity contribution in [2.45, 2.75) is 10.8 Å². The van der Waals surface area contributed by atoms with Gasteiger partial charge in [-0.2, -0.15) is 0 Å². The molecule has 0 saturated carbocycles. The molecule has 1 unspecified atom stereocenters. The van der Waals surface area contributed by atoms with E-state index in [0.717, 1.165) is 16.5 Å². The molecule has 4 rings (SSSR count). The zero-order valence-corrected chi connectivity index (χ0v) is 19.0. The molecule has 1 atom stereocenters. The van der Waals surface area contributed by atoms with E-state index in [9.17, 15) is 21.6 Å². The topological polar surface area (TPSA) is 80.4 Å². The summed E-state index contributed by atoms with van der Waals surface area (Å²) in [6.07, 6.45) is 1.75. The second kappa shape index (κ2) is 9.40. The van der Waals surface area contributed by atoms with Crippen LogP contribution < -0.4 is 14.2 Å². The molecule has 0 saturated heterocycles. The van der Waals surface area contributed by atoms with Gasteiger partial charge in [0.25, 0.3) is 0 Å². The fourth-order valence-corrected chi connectivity index (χ4v) is 5.06. The van der Waals surface area contributed by atoms with Gasteiger partial charge in [-0.1, -0.05) is 30.3 Å². The van der Waals surface area contributed by atoms with Gasteiger partial charge in [-0.05, 0) is 29.8 Å². The highest BCUT2D eigenvalue weighted by Gasteiger charge is 2.28. The van der Waals surface area contributed by atoms with E-state index in [1.165, 1.54) is 14.2 Å². The summed E-state index contributed by atoms with van der Waals surface area (Å²) in [7, 11) is -1.58. The predicted octanol–water partition coefficient (Wildman–Crippen LogP) is 4.71. The number of hydrogen-bond donors (Lipinski definition) is 2. The lowest BCUT2D eigenvalue weighted by atomic mass is 9.90. The maximum Gasteiger partial charge on any atom is 0.243 e. The Balaban J connectivity index is 1.80. The lowest BCUT2D eigenvalue weighted by Crippen LogP contribution is -2.30. The minimum Gasteiger partial charge on any atom is -0.493 e. The van der Waals surface area contributed by atoms with Crippen LogP contribution in [0.1, 0.15) is 17.0 Å². The summed E-state index contributed by atoms with van der Waals surface area (Å²) in [5.74, 6) is -4.88. The van der Waals surface area contributed by atoms with Crippen molar-refractivity contribution in [2.24, 2.45) is 0 Å². The third kappa shape index (κ3) is 4.22. The minimum atomic E-state index is -4.53. The standard InChI is InChI=1S/C24H21F3N2O4S/c1-32-20-9-5-7-15(24(20)33-2)17(16-12-28-19-8-4-3-6-14(16)19)13-29-34(30,31)21-11-10-18(25)22(26)23(21)27/h3-12,17,28-29H,13H2,1-2H3. The average molecular weight is 491 g/mol. The van der Waals surface area contributed by atoms with E-state index in [1.54, 1.807) is 24.4 Å². The Morgan fingerprint density at radius 2 is 1.68 bits per heavy atom.